The maximum atomic E-state index is 5.35. The van der Waals surface area contributed by atoms with Crippen LogP contribution in [0.3, 0.4) is 0 Å². The van der Waals surface area contributed by atoms with Crippen LogP contribution in [0.4, 0.5) is 0 Å². The molecule has 0 aromatic rings. The zero-order valence-corrected chi connectivity index (χ0v) is 8.26. The predicted molar refractivity (Wildman–Crippen MR) is 49.8 cm³/mol. The highest BCUT2D eigenvalue weighted by Gasteiger charge is 2.21. The number of hydrogen-bond acceptors (Lipinski definition) is 3. The maximum absolute atomic E-state index is 5.35. The number of hydrogen-bond donors (Lipinski definition) is 1. The molecule has 12 heavy (non-hydrogen) atoms. The SMILES string of the molecule is CO[C@@H]1CNCCN1C[C](C)C. The van der Waals surface area contributed by atoms with Crippen molar-refractivity contribution in [2.45, 2.75) is 20.1 Å². The Balaban J connectivity index is 2.36. The van der Waals surface area contributed by atoms with Gasteiger partial charge in [0.1, 0.15) is 6.23 Å². The van der Waals surface area contributed by atoms with Gasteiger partial charge < -0.3 is 10.1 Å². The maximum Gasteiger partial charge on any atom is 0.122 e. The molecule has 0 aromatic carbocycles. The van der Waals surface area contributed by atoms with Crippen molar-refractivity contribution in [1.82, 2.24) is 10.2 Å². The molecule has 0 aromatic heterocycles. The van der Waals surface area contributed by atoms with Crippen LogP contribution in [-0.2, 0) is 4.74 Å². The molecule has 0 aliphatic carbocycles. The molecule has 1 fully saturated rings. The van der Waals surface area contributed by atoms with Gasteiger partial charge in [0.25, 0.3) is 0 Å². The van der Waals surface area contributed by atoms with E-state index < -0.39 is 0 Å². The van der Waals surface area contributed by atoms with Gasteiger partial charge in [0, 0.05) is 33.3 Å². The molecule has 0 spiro atoms. The standard InChI is InChI=1S/C9H19N2O/c1-8(2)7-11-5-4-10-6-9(11)12-3/h9-10H,4-7H2,1-3H3/t9-/m1/s1. The molecule has 1 radical (unpaired) electrons. The van der Waals surface area contributed by atoms with Crippen molar-refractivity contribution in [3.8, 4) is 0 Å². The third-order valence-corrected chi connectivity index (χ3v) is 2.09. The minimum atomic E-state index is 0.258. The molecule has 71 valence electrons. The van der Waals surface area contributed by atoms with E-state index in [0.717, 1.165) is 26.2 Å². The van der Waals surface area contributed by atoms with E-state index in [-0.39, 0.29) is 6.23 Å². The normalized spacial score (nSPS) is 26.5. The molecule has 1 aliphatic heterocycles. The van der Waals surface area contributed by atoms with Gasteiger partial charge in [0.05, 0.1) is 0 Å². The Morgan fingerprint density at radius 1 is 1.58 bits per heavy atom. The van der Waals surface area contributed by atoms with E-state index in [0.29, 0.717) is 0 Å². The zero-order chi connectivity index (χ0) is 8.97. The second-order valence-electron chi connectivity index (χ2n) is 3.57. The van der Waals surface area contributed by atoms with Gasteiger partial charge in [0.2, 0.25) is 0 Å². The molecule has 0 bridgehead atoms. The van der Waals surface area contributed by atoms with Crippen LogP contribution in [0.25, 0.3) is 0 Å². The topological polar surface area (TPSA) is 24.5 Å². The fourth-order valence-electron chi connectivity index (χ4n) is 1.54. The number of rotatable bonds is 3. The first-order chi connectivity index (χ1) is 5.74. The van der Waals surface area contributed by atoms with Gasteiger partial charge in [-0.15, -0.1) is 0 Å². The highest BCUT2D eigenvalue weighted by molar-refractivity contribution is 4.85. The van der Waals surface area contributed by atoms with Crippen LogP contribution in [0.2, 0.25) is 0 Å². The summed E-state index contributed by atoms with van der Waals surface area (Å²) in [7, 11) is 1.77. The lowest BCUT2D eigenvalue weighted by molar-refractivity contribution is -0.0426. The van der Waals surface area contributed by atoms with Crippen molar-refractivity contribution in [2.75, 3.05) is 33.3 Å². The Hall–Kier alpha value is -0.120. The Morgan fingerprint density at radius 3 is 2.92 bits per heavy atom. The largest absolute Gasteiger partial charge is 0.365 e. The van der Waals surface area contributed by atoms with Crippen LogP contribution in [-0.4, -0.2) is 44.4 Å². The summed E-state index contributed by atoms with van der Waals surface area (Å²) in [6, 6.07) is 0. The van der Waals surface area contributed by atoms with E-state index in [1.807, 2.05) is 0 Å². The van der Waals surface area contributed by atoms with Gasteiger partial charge >= 0.3 is 0 Å². The van der Waals surface area contributed by atoms with Crippen LogP contribution in [0.5, 0.6) is 0 Å². The lowest BCUT2D eigenvalue weighted by atomic mass is 10.2. The Morgan fingerprint density at radius 2 is 2.33 bits per heavy atom. The van der Waals surface area contributed by atoms with Crippen molar-refractivity contribution >= 4 is 0 Å². The van der Waals surface area contributed by atoms with Gasteiger partial charge in [-0.2, -0.15) is 0 Å². The molecule has 0 saturated carbocycles. The van der Waals surface area contributed by atoms with E-state index in [4.69, 9.17) is 4.74 Å². The first kappa shape index (κ1) is 9.96. The van der Waals surface area contributed by atoms with Crippen LogP contribution in [0.15, 0.2) is 0 Å². The molecule has 1 heterocycles. The number of methoxy groups -OCH3 is 1. The third-order valence-electron chi connectivity index (χ3n) is 2.09. The minimum Gasteiger partial charge on any atom is -0.365 e. The fraction of sp³-hybridized carbons (Fsp3) is 0.889. The molecule has 1 aliphatic rings. The predicted octanol–water partition coefficient (Wildman–Crippen LogP) is 0.478. The first-order valence-corrected chi connectivity index (χ1v) is 4.50. The van der Waals surface area contributed by atoms with Crippen LogP contribution in [0, 0.1) is 5.92 Å². The van der Waals surface area contributed by atoms with Gasteiger partial charge in [0.15, 0.2) is 0 Å². The van der Waals surface area contributed by atoms with Crippen LogP contribution in [0.1, 0.15) is 13.8 Å². The molecular formula is C9H19N2O. The van der Waals surface area contributed by atoms with E-state index >= 15 is 0 Å². The van der Waals surface area contributed by atoms with Gasteiger partial charge in [-0.05, 0) is 5.92 Å². The lowest BCUT2D eigenvalue weighted by Gasteiger charge is -2.35. The molecule has 3 nitrogen and oxygen atoms in total. The fourth-order valence-corrected chi connectivity index (χ4v) is 1.54. The minimum absolute atomic E-state index is 0.258. The molecule has 1 saturated heterocycles. The summed E-state index contributed by atoms with van der Waals surface area (Å²) in [5.41, 5.74) is 0. The van der Waals surface area contributed by atoms with Crippen LogP contribution < -0.4 is 5.32 Å². The number of piperazine rings is 1. The highest BCUT2D eigenvalue weighted by atomic mass is 16.5. The van der Waals surface area contributed by atoms with E-state index in [2.05, 4.69) is 24.1 Å². The summed E-state index contributed by atoms with van der Waals surface area (Å²) in [5, 5.41) is 3.31. The van der Waals surface area contributed by atoms with Crippen molar-refractivity contribution in [3.63, 3.8) is 0 Å². The molecule has 1 N–H and O–H groups in total. The van der Waals surface area contributed by atoms with Gasteiger partial charge in [-0.25, -0.2) is 0 Å². The molecule has 0 amide bonds. The van der Waals surface area contributed by atoms with Crippen molar-refractivity contribution in [2.24, 2.45) is 0 Å². The Kier molecular flexibility index (Phi) is 3.98. The molecule has 1 atom stereocenters. The van der Waals surface area contributed by atoms with Crippen LogP contribution >= 0.6 is 0 Å². The number of nitrogens with zero attached hydrogens (tertiary/aromatic N) is 1. The van der Waals surface area contributed by atoms with Crippen molar-refractivity contribution in [3.05, 3.63) is 5.92 Å². The van der Waals surface area contributed by atoms with Gasteiger partial charge in [-0.1, -0.05) is 13.8 Å². The second kappa shape index (κ2) is 4.80. The second-order valence-corrected chi connectivity index (χ2v) is 3.57. The van der Waals surface area contributed by atoms with Crippen molar-refractivity contribution in [1.29, 1.82) is 0 Å². The summed E-state index contributed by atoms with van der Waals surface area (Å²) in [5.74, 6) is 1.44. The third kappa shape index (κ3) is 2.73. The van der Waals surface area contributed by atoms with E-state index in [1.165, 1.54) is 5.92 Å². The average molecular weight is 171 g/mol. The Labute approximate surface area is 75.1 Å². The smallest absolute Gasteiger partial charge is 0.122 e. The number of nitrogens with one attached hydrogen (secondary N) is 1. The molecule has 3 heteroatoms. The summed E-state index contributed by atoms with van der Waals surface area (Å²) < 4.78 is 5.35. The van der Waals surface area contributed by atoms with Crippen molar-refractivity contribution < 1.29 is 4.74 Å². The monoisotopic (exact) mass is 171 g/mol. The quantitative estimate of drug-likeness (QED) is 0.668. The summed E-state index contributed by atoms with van der Waals surface area (Å²) >= 11 is 0. The molecule has 0 unspecified atom stereocenters. The number of ether oxygens (including phenoxy) is 1. The summed E-state index contributed by atoms with van der Waals surface area (Å²) in [6.45, 7) is 8.49. The molecule has 1 rings (SSSR count). The lowest BCUT2D eigenvalue weighted by Crippen LogP contribution is -2.52. The zero-order valence-electron chi connectivity index (χ0n) is 8.26. The highest BCUT2D eigenvalue weighted by Crippen LogP contribution is 2.08. The first-order valence-electron chi connectivity index (χ1n) is 4.50. The molecular weight excluding hydrogens is 152 g/mol. The summed E-state index contributed by atoms with van der Waals surface area (Å²) in [6.07, 6.45) is 0.258. The summed E-state index contributed by atoms with van der Waals surface area (Å²) in [4.78, 5) is 2.37. The average Bonchev–Trinajstić information content (AvgIpc) is 2.04. The van der Waals surface area contributed by atoms with Gasteiger partial charge in [-0.3, -0.25) is 4.90 Å². The van der Waals surface area contributed by atoms with E-state index in [9.17, 15) is 0 Å². The Bertz CT molecular complexity index is 128. The van der Waals surface area contributed by atoms with E-state index in [1.54, 1.807) is 7.11 Å².